The molecule has 7 nitrogen and oxygen atoms in total. The molecule has 0 fully saturated rings. The molecule has 158 valence electrons. The minimum Gasteiger partial charge on any atom is -0.480 e. The van der Waals surface area contributed by atoms with E-state index in [0.717, 1.165) is 11.9 Å². The van der Waals surface area contributed by atoms with Crippen molar-refractivity contribution in [2.24, 2.45) is 5.92 Å². The van der Waals surface area contributed by atoms with E-state index in [1.807, 2.05) is 0 Å². The van der Waals surface area contributed by atoms with Crippen molar-refractivity contribution in [3.05, 3.63) is 0 Å². The van der Waals surface area contributed by atoms with E-state index < -0.39 is 48.3 Å². The molecular weight excluding hydrogens is 369 g/mol. The maximum Gasteiger partial charge on any atom is 0.410 e. The Morgan fingerprint density at radius 3 is 1.81 bits per heavy atom. The van der Waals surface area contributed by atoms with Crippen molar-refractivity contribution in [2.75, 3.05) is 14.1 Å². The van der Waals surface area contributed by atoms with Crippen LogP contribution in [-0.4, -0.2) is 70.8 Å². The van der Waals surface area contributed by atoms with Crippen molar-refractivity contribution in [3.8, 4) is 0 Å². The highest BCUT2D eigenvalue weighted by Crippen LogP contribution is 2.25. The Kier molecular flexibility index (Phi) is 8.59. The molecule has 27 heavy (non-hydrogen) atoms. The minimum absolute atomic E-state index is 0.0804. The van der Waals surface area contributed by atoms with Gasteiger partial charge in [0, 0.05) is 14.1 Å². The van der Waals surface area contributed by atoms with E-state index >= 15 is 0 Å². The summed E-state index contributed by atoms with van der Waals surface area (Å²) in [5.41, 5.74) is -0.831. The second-order valence-corrected chi connectivity index (χ2v) is 7.86. The van der Waals surface area contributed by atoms with Crippen LogP contribution in [-0.2, 0) is 14.3 Å². The maximum atomic E-state index is 12.8. The molecule has 0 radical (unpaired) electrons. The van der Waals surface area contributed by atoms with E-state index in [2.05, 4.69) is 0 Å². The molecule has 0 aromatic heterocycles. The minimum atomic E-state index is -4.76. The van der Waals surface area contributed by atoms with Gasteiger partial charge < -0.3 is 14.7 Å². The summed E-state index contributed by atoms with van der Waals surface area (Å²) in [5.74, 6) is -2.75. The number of nitrogens with zero attached hydrogens (tertiary/aromatic N) is 2. The largest absolute Gasteiger partial charge is 0.480 e. The van der Waals surface area contributed by atoms with Crippen LogP contribution in [0, 0.1) is 5.92 Å². The van der Waals surface area contributed by atoms with Crippen LogP contribution in [0.5, 0.6) is 0 Å². The van der Waals surface area contributed by atoms with Crippen LogP contribution in [0.1, 0.15) is 47.5 Å². The zero-order chi connectivity index (χ0) is 21.7. The molecule has 2 amide bonds. The third-order valence-corrected chi connectivity index (χ3v) is 3.65. The molecule has 0 aliphatic heterocycles. The van der Waals surface area contributed by atoms with E-state index in [-0.39, 0.29) is 12.3 Å². The van der Waals surface area contributed by atoms with Gasteiger partial charge in [0.15, 0.2) is 0 Å². The first kappa shape index (κ1) is 25.0. The van der Waals surface area contributed by atoms with E-state index in [1.165, 1.54) is 7.05 Å². The first-order valence-corrected chi connectivity index (χ1v) is 8.48. The van der Waals surface area contributed by atoms with Gasteiger partial charge in [0.2, 0.25) is 5.91 Å². The van der Waals surface area contributed by atoms with Crippen LogP contribution in [0.25, 0.3) is 0 Å². The monoisotopic (exact) mass is 398 g/mol. The highest BCUT2D eigenvalue weighted by Gasteiger charge is 2.42. The maximum absolute atomic E-state index is 12.8. The van der Waals surface area contributed by atoms with Gasteiger partial charge in [-0.25, -0.2) is 9.59 Å². The zero-order valence-electron chi connectivity index (χ0n) is 16.8. The summed E-state index contributed by atoms with van der Waals surface area (Å²) < 4.78 is 43.3. The van der Waals surface area contributed by atoms with Gasteiger partial charge in [-0.2, -0.15) is 13.2 Å². The molecule has 0 rings (SSSR count). The number of ether oxygens (including phenoxy) is 1. The molecule has 0 aliphatic rings. The molecule has 0 aliphatic carbocycles. The number of carboxylic acids is 1. The summed E-state index contributed by atoms with van der Waals surface area (Å²) in [6.07, 6.45) is -7.13. The van der Waals surface area contributed by atoms with Gasteiger partial charge in [-0.05, 0) is 33.1 Å². The number of rotatable bonds is 7. The van der Waals surface area contributed by atoms with Gasteiger partial charge in [0.05, 0.1) is 6.42 Å². The lowest BCUT2D eigenvalue weighted by Gasteiger charge is -2.35. The Balaban J connectivity index is 5.62. The molecule has 0 saturated heterocycles. The number of hydrogen-bond donors (Lipinski definition) is 1. The van der Waals surface area contributed by atoms with Gasteiger partial charge in [0.1, 0.15) is 17.7 Å². The fourth-order valence-corrected chi connectivity index (χ4v) is 2.33. The average Bonchev–Trinajstić information content (AvgIpc) is 2.45. The molecule has 0 bridgehead atoms. The number of amides is 2. The van der Waals surface area contributed by atoms with Crippen molar-refractivity contribution in [1.29, 1.82) is 0 Å². The predicted molar refractivity (Wildman–Crippen MR) is 92.1 cm³/mol. The average molecular weight is 398 g/mol. The number of alkyl halides is 3. The number of likely N-dealkylation sites (N-methyl/N-ethyl adjacent to an activating group) is 2. The normalized spacial score (nSPS) is 14.5. The first-order valence-electron chi connectivity index (χ1n) is 8.48. The molecule has 0 aromatic rings. The van der Waals surface area contributed by atoms with Gasteiger partial charge >= 0.3 is 18.2 Å². The molecule has 1 unspecified atom stereocenters. The molecule has 0 spiro atoms. The van der Waals surface area contributed by atoms with Gasteiger partial charge in [-0.1, -0.05) is 13.8 Å². The molecular formula is C17H29F3N2O5. The lowest BCUT2D eigenvalue weighted by Crippen LogP contribution is -2.54. The number of carboxylic acid groups (broad SMARTS) is 1. The van der Waals surface area contributed by atoms with E-state index in [4.69, 9.17) is 9.84 Å². The van der Waals surface area contributed by atoms with Gasteiger partial charge in [-0.3, -0.25) is 9.69 Å². The van der Waals surface area contributed by atoms with Crippen molar-refractivity contribution >= 4 is 18.0 Å². The van der Waals surface area contributed by atoms with Gasteiger partial charge in [-0.15, -0.1) is 0 Å². The highest BCUT2D eigenvalue weighted by molar-refractivity contribution is 5.89. The van der Waals surface area contributed by atoms with Crippen molar-refractivity contribution in [3.63, 3.8) is 0 Å². The predicted octanol–water partition coefficient (Wildman–Crippen LogP) is 3.13. The van der Waals surface area contributed by atoms with Crippen LogP contribution in [0.3, 0.4) is 0 Å². The second kappa shape index (κ2) is 9.27. The number of hydrogen-bond acceptors (Lipinski definition) is 4. The second-order valence-electron chi connectivity index (χ2n) is 7.86. The fourth-order valence-electron chi connectivity index (χ4n) is 2.33. The number of aliphatic carboxylic acids is 1. The number of carbonyl (C=O) groups excluding carboxylic acids is 2. The standard InChI is InChI=1S/C17H29F3N2O5/c1-10(2)8-11(22(7)15(26)27-16(3,4)5)13(23)21(6)12(14(24)25)9-17(18,19)20/h10-12H,8-9H2,1-7H3,(H,24,25)/t11-,12?/m0/s1. The summed E-state index contributed by atoms with van der Waals surface area (Å²) >= 11 is 0. The van der Waals surface area contributed by atoms with Crippen molar-refractivity contribution in [1.82, 2.24) is 9.80 Å². The van der Waals surface area contributed by atoms with Crippen LogP contribution in [0.15, 0.2) is 0 Å². The number of halogens is 3. The highest BCUT2D eigenvalue weighted by atomic mass is 19.4. The third-order valence-electron chi connectivity index (χ3n) is 3.65. The Hall–Kier alpha value is -2.00. The van der Waals surface area contributed by atoms with Crippen LogP contribution >= 0.6 is 0 Å². The van der Waals surface area contributed by atoms with Gasteiger partial charge in [0.25, 0.3) is 0 Å². The molecule has 0 saturated carbocycles. The Bertz CT molecular complexity index is 544. The van der Waals surface area contributed by atoms with E-state index in [1.54, 1.807) is 34.6 Å². The summed E-state index contributed by atoms with van der Waals surface area (Å²) in [4.78, 5) is 37.8. The SMILES string of the molecule is CC(C)C[C@@H](C(=O)N(C)C(CC(F)(F)F)C(=O)O)N(C)C(=O)OC(C)(C)C. The summed E-state index contributed by atoms with van der Waals surface area (Å²) in [5, 5.41) is 9.12. The fraction of sp³-hybridized carbons (Fsp3) is 0.824. The molecule has 0 heterocycles. The third kappa shape index (κ3) is 8.96. The summed E-state index contributed by atoms with van der Waals surface area (Å²) in [6, 6.07) is -3.24. The smallest absolute Gasteiger partial charge is 0.410 e. The molecule has 2 atom stereocenters. The number of carbonyl (C=O) groups is 3. The van der Waals surface area contributed by atoms with Crippen LogP contribution < -0.4 is 0 Å². The Labute approximate surface area is 157 Å². The molecule has 10 heteroatoms. The van der Waals surface area contributed by atoms with Crippen LogP contribution in [0.4, 0.5) is 18.0 Å². The zero-order valence-corrected chi connectivity index (χ0v) is 16.8. The molecule has 1 N–H and O–H groups in total. The van der Waals surface area contributed by atoms with E-state index in [9.17, 15) is 27.6 Å². The Morgan fingerprint density at radius 2 is 1.48 bits per heavy atom. The van der Waals surface area contributed by atoms with Crippen molar-refractivity contribution in [2.45, 2.75) is 71.3 Å². The van der Waals surface area contributed by atoms with Crippen LogP contribution in [0.2, 0.25) is 0 Å². The Morgan fingerprint density at radius 1 is 1.00 bits per heavy atom. The van der Waals surface area contributed by atoms with Crippen molar-refractivity contribution < 1.29 is 37.4 Å². The summed E-state index contributed by atoms with van der Waals surface area (Å²) in [6.45, 7) is 8.44. The summed E-state index contributed by atoms with van der Waals surface area (Å²) in [7, 11) is 2.29. The lowest BCUT2D eigenvalue weighted by molar-refractivity contribution is -0.170. The molecule has 0 aromatic carbocycles. The topological polar surface area (TPSA) is 87.2 Å². The quantitative estimate of drug-likeness (QED) is 0.712. The first-order chi connectivity index (χ1) is 12.0. The van der Waals surface area contributed by atoms with E-state index in [0.29, 0.717) is 4.90 Å². The lowest BCUT2D eigenvalue weighted by atomic mass is 10.0.